The number of piperidine rings is 1. The number of hydrogen-bond donors (Lipinski definition) is 1. The molecule has 0 aliphatic carbocycles. The van der Waals surface area contributed by atoms with E-state index in [0.29, 0.717) is 6.04 Å². The second-order valence-electron chi connectivity index (χ2n) is 5.36. The lowest BCUT2D eigenvalue weighted by Gasteiger charge is -2.35. The van der Waals surface area contributed by atoms with Crippen molar-refractivity contribution < 1.29 is 4.79 Å². The first-order valence-electron chi connectivity index (χ1n) is 7.48. The monoisotopic (exact) mass is 338 g/mol. The molecule has 1 fully saturated rings. The van der Waals surface area contributed by atoms with Crippen LogP contribution in [0.15, 0.2) is 28.7 Å². The molecule has 1 atom stereocenters. The Balaban J connectivity index is 1.77. The van der Waals surface area contributed by atoms with Gasteiger partial charge in [0.1, 0.15) is 0 Å². The Morgan fingerprint density at radius 2 is 2.10 bits per heavy atom. The van der Waals surface area contributed by atoms with Crippen LogP contribution in [0.5, 0.6) is 0 Å². The van der Waals surface area contributed by atoms with Gasteiger partial charge in [0.15, 0.2) is 0 Å². The maximum absolute atomic E-state index is 12.0. The van der Waals surface area contributed by atoms with E-state index in [2.05, 4.69) is 33.1 Å². The summed E-state index contributed by atoms with van der Waals surface area (Å²) in [7, 11) is 0. The van der Waals surface area contributed by atoms with Crippen LogP contribution in [0.1, 0.15) is 43.0 Å². The van der Waals surface area contributed by atoms with Crippen LogP contribution in [0.2, 0.25) is 0 Å². The molecule has 1 N–H and O–H groups in total. The largest absolute Gasteiger partial charge is 0.351 e. The maximum Gasteiger partial charge on any atom is 0.251 e. The second-order valence-corrected chi connectivity index (χ2v) is 6.27. The van der Waals surface area contributed by atoms with E-state index in [4.69, 9.17) is 0 Å². The molecule has 0 radical (unpaired) electrons. The first kappa shape index (κ1) is 15.5. The average Bonchev–Trinajstić information content (AvgIpc) is 2.48. The van der Waals surface area contributed by atoms with Crippen molar-refractivity contribution in [3.63, 3.8) is 0 Å². The summed E-state index contributed by atoms with van der Waals surface area (Å²) in [5.74, 6) is 0.0163. The first-order valence-corrected chi connectivity index (χ1v) is 8.28. The number of carbonyl (C=O) groups is 1. The molecule has 1 saturated heterocycles. The van der Waals surface area contributed by atoms with Gasteiger partial charge in [-0.25, -0.2) is 0 Å². The van der Waals surface area contributed by atoms with Crippen molar-refractivity contribution in [1.82, 2.24) is 10.2 Å². The van der Waals surface area contributed by atoms with Crippen LogP contribution in [-0.4, -0.2) is 36.5 Å². The molecule has 1 heterocycles. The number of amides is 1. The molecule has 1 aliphatic heterocycles. The summed E-state index contributed by atoms with van der Waals surface area (Å²) in [6.07, 6.45) is 5.15. The zero-order valence-electron chi connectivity index (χ0n) is 12.1. The van der Waals surface area contributed by atoms with Crippen LogP contribution in [0.3, 0.4) is 0 Å². The van der Waals surface area contributed by atoms with Gasteiger partial charge in [0, 0.05) is 29.2 Å². The Morgan fingerprint density at radius 1 is 1.35 bits per heavy atom. The summed E-state index contributed by atoms with van der Waals surface area (Å²) < 4.78 is 0.994. The number of hydrogen-bond acceptors (Lipinski definition) is 2. The molecule has 1 aromatic carbocycles. The highest BCUT2D eigenvalue weighted by Crippen LogP contribution is 2.18. The lowest BCUT2D eigenvalue weighted by molar-refractivity contribution is 0.0934. The van der Waals surface area contributed by atoms with Gasteiger partial charge < -0.3 is 5.32 Å². The number of rotatable bonds is 5. The molecule has 3 nitrogen and oxygen atoms in total. The zero-order chi connectivity index (χ0) is 14.4. The van der Waals surface area contributed by atoms with E-state index in [0.717, 1.165) is 23.1 Å². The van der Waals surface area contributed by atoms with E-state index in [1.165, 1.54) is 32.2 Å². The molecule has 0 spiro atoms. The second kappa shape index (κ2) is 7.79. The molecular weight excluding hydrogens is 316 g/mol. The van der Waals surface area contributed by atoms with E-state index >= 15 is 0 Å². The quantitative estimate of drug-likeness (QED) is 0.891. The van der Waals surface area contributed by atoms with E-state index in [-0.39, 0.29) is 5.91 Å². The third-order valence-electron chi connectivity index (χ3n) is 4.01. The number of benzene rings is 1. The van der Waals surface area contributed by atoms with E-state index in [1.54, 1.807) is 0 Å². The summed E-state index contributed by atoms with van der Waals surface area (Å²) in [6, 6.07) is 8.18. The fraction of sp³-hybridized carbons (Fsp3) is 0.562. The van der Waals surface area contributed by atoms with Crippen LogP contribution in [0.4, 0.5) is 0 Å². The van der Waals surface area contributed by atoms with Gasteiger partial charge in [-0.1, -0.05) is 29.3 Å². The van der Waals surface area contributed by atoms with E-state index in [9.17, 15) is 4.79 Å². The molecule has 0 aromatic heterocycles. The maximum atomic E-state index is 12.0. The lowest BCUT2D eigenvalue weighted by Crippen LogP contribution is -2.43. The first-order chi connectivity index (χ1) is 9.70. The highest BCUT2D eigenvalue weighted by atomic mass is 79.9. The SMILES string of the molecule is CCC1CCCCN1CCNC(=O)c1ccc(Br)cc1. The predicted octanol–water partition coefficient (Wildman–Crippen LogP) is 3.44. The Hall–Kier alpha value is -0.870. The highest BCUT2D eigenvalue weighted by molar-refractivity contribution is 9.10. The smallest absolute Gasteiger partial charge is 0.251 e. The van der Waals surface area contributed by atoms with Crippen LogP contribution >= 0.6 is 15.9 Å². The minimum absolute atomic E-state index is 0.0163. The number of nitrogens with one attached hydrogen (secondary N) is 1. The molecule has 2 rings (SSSR count). The van der Waals surface area contributed by atoms with Gasteiger partial charge in [0.05, 0.1) is 0 Å². The van der Waals surface area contributed by atoms with Gasteiger partial charge in [-0.3, -0.25) is 9.69 Å². The molecular formula is C16H23BrN2O. The van der Waals surface area contributed by atoms with Crippen molar-refractivity contribution in [3.8, 4) is 0 Å². The van der Waals surface area contributed by atoms with Crippen LogP contribution in [0, 0.1) is 0 Å². The van der Waals surface area contributed by atoms with E-state index < -0.39 is 0 Å². The number of halogens is 1. The number of likely N-dealkylation sites (tertiary alicyclic amines) is 1. The topological polar surface area (TPSA) is 32.3 Å². The Labute approximate surface area is 129 Å². The molecule has 1 amide bonds. The minimum Gasteiger partial charge on any atom is -0.351 e. The van der Waals surface area contributed by atoms with Crippen molar-refractivity contribution in [2.24, 2.45) is 0 Å². The van der Waals surface area contributed by atoms with Crippen LogP contribution in [-0.2, 0) is 0 Å². The Bertz CT molecular complexity index is 433. The summed E-state index contributed by atoms with van der Waals surface area (Å²) in [5.41, 5.74) is 0.721. The van der Waals surface area contributed by atoms with Gasteiger partial charge in [-0.05, 0) is 50.1 Å². The summed E-state index contributed by atoms with van der Waals surface area (Å²) >= 11 is 3.38. The summed E-state index contributed by atoms with van der Waals surface area (Å²) in [4.78, 5) is 14.5. The average molecular weight is 339 g/mol. The Morgan fingerprint density at radius 3 is 2.80 bits per heavy atom. The van der Waals surface area contributed by atoms with Crippen LogP contribution in [0.25, 0.3) is 0 Å². The standard InChI is InChI=1S/C16H23BrN2O/c1-2-15-5-3-4-11-19(15)12-10-18-16(20)13-6-8-14(17)9-7-13/h6-9,15H,2-5,10-12H2,1H3,(H,18,20). The summed E-state index contributed by atoms with van der Waals surface area (Å²) in [6.45, 7) is 5.11. The van der Waals surface area contributed by atoms with Crippen molar-refractivity contribution in [1.29, 1.82) is 0 Å². The normalized spacial score (nSPS) is 19.8. The van der Waals surface area contributed by atoms with Gasteiger partial charge in [-0.15, -0.1) is 0 Å². The minimum atomic E-state index is 0.0163. The van der Waals surface area contributed by atoms with Crippen molar-refractivity contribution in [2.45, 2.75) is 38.6 Å². The summed E-state index contributed by atoms with van der Waals surface area (Å²) in [5, 5.41) is 3.01. The number of nitrogens with zero attached hydrogens (tertiary/aromatic N) is 1. The van der Waals surface area contributed by atoms with Gasteiger partial charge in [-0.2, -0.15) is 0 Å². The lowest BCUT2D eigenvalue weighted by atomic mass is 10.0. The predicted molar refractivity (Wildman–Crippen MR) is 86.0 cm³/mol. The molecule has 20 heavy (non-hydrogen) atoms. The van der Waals surface area contributed by atoms with Gasteiger partial charge in [0.25, 0.3) is 5.91 Å². The fourth-order valence-electron chi connectivity index (χ4n) is 2.83. The molecule has 110 valence electrons. The Kier molecular flexibility index (Phi) is 6.05. The van der Waals surface area contributed by atoms with E-state index in [1.807, 2.05) is 24.3 Å². The zero-order valence-corrected chi connectivity index (χ0v) is 13.7. The molecule has 0 saturated carbocycles. The van der Waals surface area contributed by atoms with Crippen molar-refractivity contribution in [3.05, 3.63) is 34.3 Å². The highest BCUT2D eigenvalue weighted by Gasteiger charge is 2.20. The third kappa shape index (κ3) is 4.32. The van der Waals surface area contributed by atoms with Gasteiger partial charge >= 0.3 is 0 Å². The third-order valence-corrected chi connectivity index (χ3v) is 4.54. The van der Waals surface area contributed by atoms with Gasteiger partial charge in [0.2, 0.25) is 0 Å². The van der Waals surface area contributed by atoms with Crippen molar-refractivity contribution >= 4 is 21.8 Å². The molecule has 0 bridgehead atoms. The number of carbonyl (C=O) groups excluding carboxylic acids is 1. The molecule has 4 heteroatoms. The van der Waals surface area contributed by atoms with Crippen molar-refractivity contribution in [2.75, 3.05) is 19.6 Å². The molecule has 1 aliphatic rings. The van der Waals surface area contributed by atoms with Crippen LogP contribution < -0.4 is 5.32 Å². The molecule has 1 aromatic rings. The fourth-order valence-corrected chi connectivity index (χ4v) is 3.10. The molecule has 1 unspecified atom stereocenters.